The summed E-state index contributed by atoms with van der Waals surface area (Å²) in [6.07, 6.45) is 7.11. The van der Waals surface area contributed by atoms with Crippen LogP contribution in [0.4, 0.5) is 0 Å². The number of hydrogen-bond donors (Lipinski definition) is 4. The van der Waals surface area contributed by atoms with Gasteiger partial charge in [0.15, 0.2) is 0 Å². The van der Waals surface area contributed by atoms with Crippen LogP contribution in [0.25, 0.3) is 22.1 Å². The van der Waals surface area contributed by atoms with Crippen LogP contribution in [0.1, 0.15) is 85.5 Å². The minimum absolute atomic E-state index is 0.372. The van der Waals surface area contributed by atoms with Gasteiger partial charge in [0.2, 0.25) is 0 Å². The number of likely N-dealkylation sites (tertiary alicyclic amines) is 1. The highest BCUT2D eigenvalue weighted by Gasteiger charge is 2.33. The topological polar surface area (TPSA) is 84.7 Å². The molecule has 176 valence electrons. The van der Waals surface area contributed by atoms with Gasteiger partial charge in [-0.15, -0.1) is 0 Å². The van der Waals surface area contributed by atoms with Crippen LogP contribution in [0.2, 0.25) is 0 Å². The summed E-state index contributed by atoms with van der Waals surface area (Å²) in [5.41, 5.74) is 7.22. The van der Waals surface area contributed by atoms with Crippen molar-refractivity contribution in [2.75, 3.05) is 20.1 Å². The van der Waals surface area contributed by atoms with E-state index < -0.39 is 0 Å². The SMILES string of the molecule is CN1C(c2ccc3nc(C4CCCN4)[nH]c3c2)CCC1c1ccc2nc([C@@H]3CCCN3)[nH]c2c1. The Bertz CT molecular complexity index is 1220. The molecule has 2 aromatic carbocycles. The van der Waals surface area contributed by atoms with Gasteiger partial charge in [0.25, 0.3) is 0 Å². The zero-order chi connectivity index (χ0) is 22.6. The van der Waals surface area contributed by atoms with E-state index >= 15 is 0 Å². The van der Waals surface area contributed by atoms with Gasteiger partial charge >= 0.3 is 0 Å². The molecule has 0 amide bonds. The number of benzene rings is 2. The molecule has 4 N–H and O–H groups in total. The van der Waals surface area contributed by atoms with Crippen LogP contribution in [-0.2, 0) is 0 Å². The molecular formula is C27H33N7. The Morgan fingerprint density at radius 1 is 0.706 bits per heavy atom. The molecule has 3 aliphatic rings. The average Bonchev–Trinajstić information content (AvgIpc) is 3.66. The van der Waals surface area contributed by atoms with Crippen molar-refractivity contribution < 1.29 is 0 Å². The highest BCUT2D eigenvalue weighted by atomic mass is 15.2. The predicted octanol–water partition coefficient (Wildman–Crippen LogP) is 4.80. The fraction of sp³-hybridized carbons (Fsp3) is 0.481. The lowest BCUT2D eigenvalue weighted by Gasteiger charge is -2.26. The van der Waals surface area contributed by atoms with Gasteiger partial charge in [-0.1, -0.05) is 12.1 Å². The number of nitrogens with one attached hydrogen (secondary N) is 4. The van der Waals surface area contributed by atoms with Crippen LogP contribution in [0, 0.1) is 0 Å². The molecule has 0 aliphatic carbocycles. The van der Waals surface area contributed by atoms with E-state index in [0.29, 0.717) is 24.2 Å². The molecule has 7 heteroatoms. The summed E-state index contributed by atoms with van der Waals surface area (Å²) in [5, 5.41) is 7.10. The zero-order valence-electron chi connectivity index (χ0n) is 19.8. The van der Waals surface area contributed by atoms with E-state index in [1.165, 1.54) is 36.8 Å². The smallest absolute Gasteiger partial charge is 0.124 e. The normalized spacial score (nSPS) is 28.0. The minimum atomic E-state index is 0.372. The maximum absolute atomic E-state index is 4.86. The molecule has 0 spiro atoms. The second-order valence-corrected chi connectivity index (χ2v) is 10.4. The fourth-order valence-corrected chi connectivity index (χ4v) is 6.42. The molecule has 3 fully saturated rings. The standard InChI is InChI=1S/C27H33N7/c1-34-24(16-6-8-18-22(14-16)32-26(30-18)20-4-2-12-28-20)10-11-25(34)17-7-9-19-23(15-17)33-27(31-19)21-5-3-13-29-21/h6-9,14-15,20-21,24-25,28-29H,2-5,10-13H2,1H3,(H,30,32)(H,31,33)/t20-,21?,24?,25?/m0/s1. The van der Waals surface area contributed by atoms with Gasteiger partial charge in [-0.05, 0) is 94.1 Å². The molecule has 7 nitrogen and oxygen atoms in total. The van der Waals surface area contributed by atoms with E-state index in [4.69, 9.17) is 9.97 Å². The number of nitrogens with zero attached hydrogens (tertiary/aromatic N) is 3. The van der Waals surface area contributed by atoms with E-state index in [1.807, 2.05) is 0 Å². The molecule has 0 saturated carbocycles. The van der Waals surface area contributed by atoms with Gasteiger partial charge in [0, 0.05) is 12.1 Å². The number of H-pyrrole nitrogens is 2. The van der Waals surface area contributed by atoms with Crippen molar-refractivity contribution >= 4 is 22.1 Å². The Morgan fingerprint density at radius 2 is 1.21 bits per heavy atom. The molecule has 4 atom stereocenters. The van der Waals surface area contributed by atoms with Crippen LogP contribution in [0.3, 0.4) is 0 Å². The van der Waals surface area contributed by atoms with Crippen molar-refractivity contribution in [1.29, 1.82) is 0 Å². The lowest BCUT2D eigenvalue weighted by Crippen LogP contribution is -2.21. The zero-order valence-corrected chi connectivity index (χ0v) is 19.8. The number of rotatable bonds is 4. The summed E-state index contributed by atoms with van der Waals surface area (Å²) >= 11 is 0. The molecule has 7 rings (SSSR count). The van der Waals surface area contributed by atoms with Gasteiger partial charge in [0.05, 0.1) is 34.2 Å². The third-order valence-electron chi connectivity index (χ3n) is 8.30. The molecular weight excluding hydrogens is 422 g/mol. The molecule has 3 saturated heterocycles. The monoisotopic (exact) mass is 455 g/mol. The van der Waals surface area contributed by atoms with Gasteiger partial charge in [-0.3, -0.25) is 4.90 Å². The molecule has 3 aliphatic heterocycles. The maximum atomic E-state index is 4.86. The van der Waals surface area contributed by atoms with Crippen molar-refractivity contribution in [2.45, 2.75) is 62.7 Å². The predicted molar refractivity (Wildman–Crippen MR) is 135 cm³/mol. The Balaban J connectivity index is 1.13. The van der Waals surface area contributed by atoms with Crippen LogP contribution < -0.4 is 10.6 Å². The van der Waals surface area contributed by atoms with E-state index in [2.05, 4.69) is 68.9 Å². The van der Waals surface area contributed by atoms with E-state index in [0.717, 1.165) is 59.6 Å². The van der Waals surface area contributed by atoms with E-state index in [9.17, 15) is 0 Å². The van der Waals surface area contributed by atoms with Crippen molar-refractivity contribution in [1.82, 2.24) is 35.5 Å². The van der Waals surface area contributed by atoms with Gasteiger partial charge in [-0.2, -0.15) is 0 Å². The highest BCUT2D eigenvalue weighted by molar-refractivity contribution is 5.77. The lowest BCUT2D eigenvalue weighted by molar-refractivity contribution is 0.246. The number of aromatic amines is 2. The van der Waals surface area contributed by atoms with Crippen molar-refractivity contribution in [2.24, 2.45) is 0 Å². The fourth-order valence-electron chi connectivity index (χ4n) is 6.42. The molecule has 34 heavy (non-hydrogen) atoms. The number of aromatic nitrogens is 4. The van der Waals surface area contributed by atoms with Crippen molar-refractivity contribution in [3.63, 3.8) is 0 Å². The Kier molecular flexibility index (Phi) is 4.96. The first kappa shape index (κ1) is 20.6. The summed E-state index contributed by atoms with van der Waals surface area (Å²) in [6, 6.07) is 15.2. The second kappa shape index (κ2) is 8.18. The van der Waals surface area contributed by atoms with Crippen LogP contribution in [0.5, 0.6) is 0 Å². The number of fused-ring (bicyclic) bond motifs is 2. The molecule has 0 radical (unpaired) electrons. The van der Waals surface area contributed by atoms with Gasteiger partial charge < -0.3 is 20.6 Å². The first-order valence-electron chi connectivity index (χ1n) is 12.9. The van der Waals surface area contributed by atoms with Crippen molar-refractivity contribution in [3.8, 4) is 0 Å². The first-order chi connectivity index (χ1) is 16.7. The summed E-state index contributed by atoms with van der Waals surface area (Å²) in [5.74, 6) is 2.17. The van der Waals surface area contributed by atoms with E-state index in [-0.39, 0.29) is 0 Å². The van der Waals surface area contributed by atoms with Crippen LogP contribution in [0.15, 0.2) is 36.4 Å². The summed E-state index contributed by atoms with van der Waals surface area (Å²) in [4.78, 5) is 19.5. The summed E-state index contributed by atoms with van der Waals surface area (Å²) in [6.45, 7) is 2.18. The van der Waals surface area contributed by atoms with Gasteiger partial charge in [0.1, 0.15) is 11.6 Å². The molecule has 5 heterocycles. The quantitative estimate of drug-likeness (QED) is 0.355. The molecule has 4 aromatic rings. The number of hydrogen-bond acceptors (Lipinski definition) is 5. The van der Waals surface area contributed by atoms with Crippen molar-refractivity contribution in [3.05, 3.63) is 59.2 Å². The molecule has 2 aromatic heterocycles. The first-order valence-corrected chi connectivity index (χ1v) is 12.9. The Hall–Kier alpha value is -2.74. The molecule has 0 bridgehead atoms. The molecule has 3 unspecified atom stereocenters. The van der Waals surface area contributed by atoms with E-state index in [1.54, 1.807) is 0 Å². The average molecular weight is 456 g/mol. The number of imidazole rings is 2. The van der Waals surface area contributed by atoms with Gasteiger partial charge in [-0.25, -0.2) is 9.97 Å². The highest BCUT2D eigenvalue weighted by Crippen LogP contribution is 2.43. The summed E-state index contributed by atoms with van der Waals surface area (Å²) in [7, 11) is 2.28. The maximum Gasteiger partial charge on any atom is 0.124 e. The third-order valence-corrected chi connectivity index (χ3v) is 8.30. The second-order valence-electron chi connectivity index (χ2n) is 10.4. The Morgan fingerprint density at radius 3 is 1.65 bits per heavy atom. The summed E-state index contributed by atoms with van der Waals surface area (Å²) < 4.78 is 0. The van der Waals surface area contributed by atoms with Crippen LogP contribution >= 0.6 is 0 Å². The van der Waals surface area contributed by atoms with Crippen LogP contribution in [-0.4, -0.2) is 45.0 Å². The Labute approximate surface area is 199 Å². The minimum Gasteiger partial charge on any atom is -0.341 e. The lowest BCUT2D eigenvalue weighted by atomic mass is 10.0. The third kappa shape index (κ3) is 3.45. The largest absolute Gasteiger partial charge is 0.341 e.